The largest absolute Gasteiger partial charge is 0.481 e. The van der Waals surface area contributed by atoms with Crippen molar-refractivity contribution in [2.45, 2.75) is 103 Å². The molecule has 226 valence electrons. The molecule has 2 unspecified atom stereocenters. The van der Waals surface area contributed by atoms with Crippen LogP contribution in [0.3, 0.4) is 0 Å². The lowest BCUT2D eigenvalue weighted by Crippen LogP contribution is -2.40. The van der Waals surface area contributed by atoms with E-state index in [0.29, 0.717) is 31.8 Å². The number of carbonyl (C=O) groups excluding carboxylic acids is 1. The summed E-state index contributed by atoms with van der Waals surface area (Å²) in [5.74, 6) is 0.785. The highest BCUT2D eigenvalue weighted by Crippen LogP contribution is 2.33. The molecule has 0 spiro atoms. The van der Waals surface area contributed by atoms with E-state index in [-0.39, 0.29) is 24.0 Å². The average Bonchev–Trinajstić information content (AvgIpc) is 3.45. The van der Waals surface area contributed by atoms with Gasteiger partial charge in [-0.3, -0.25) is 9.59 Å². The van der Waals surface area contributed by atoms with Crippen LogP contribution >= 0.6 is 0 Å². The van der Waals surface area contributed by atoms with Crippen molar-refractivity contribution in [3.63, 3.8) is 0 Å². The quantitative estimate of drug-likeness (QED) is 0.247. The molecule has 7 heteroatoms. The fraction of sp³-hybridized carbons (Fsp3) is 0.543. The first-order valence-electron chi connectivity index (χ1n) is 16.0. The summed E-state index contributed by atoms with van der Waals surface area (Å²) in [4.78, 5) is 26.5. The average molecular weight is 574 g/mol. The van der Waals surface area contributed by atoms with Crippen LogP contribution in [0.15, 0.2) is 59.9 Å². The summed E-state index contributed by atoms with van der Waals surface area (Å²) in [6, 6.07) is 16.9. The Morgan fingerprint density at radius 3 is 2.38 bits per heavy atom. The predicted octanol–water partition coefficient (Wildman–Crippen LogP) is 7.31. The van der Waals surface area contributed by atoms with Crippen LogP contribution in [0.1, 0.15) is 95.1 Å². The van der Waals surface area contributed by atoms with Crippen LogP contribution in [0.2, 0.25) is 0 Å². The Morgan fingerprint density at radius 1 is 0.976 bits per heavy atom. The van der Waals surface area contributed by atoms with Crippen LogP contribution in [0.5, 0.6) is 0 Å². The van der Waals surface area contributed by atoms with Crippen molar-refractivity contribution < 1.29 is 19.4 Å². The van der Waals surface area contributed by atoms with E-state index in [1.165, 1.54) is 17.6 Å². The Morgan fingerprint density at radius 2 is 1.71 bits per heavy atom. The molecule has 2 aromatic rings. The second-order valence-electron chi connectivity index (χ2n) is 12.4. The number of hydrogen-bond acceptors (Lipinski definition) is 5. The zero-order valence-corrected chi connectivity index (χ0v) is 25.2. The smallest absolute Gasteiger partial charge is 0.306 e. The number of nitrogens with zero attached hydrogens (tertiary/aromatic N) is 1. The van der Waals surface area contributed by atoms with E-state index in [9.17, 15) is 14.7 Å². The number of amides is 1. The molecule has 1 saturated heterocycles. The summed E-state index contributed by atoms with van der Waals surface area (Å²) in [5.41, 5.74) is 5.94. The molecular formula is C35H47N3O4. The maximum Gasteiger partial charge on any atom is 0.306 e. The number of ether oxygens (including phenoxy) is 1. The minimum Gasteiger partial charge on any atom is -0.481 e. The molecule has 2 saturated carbocycles. The van der Waals surface area contributed by atoms with E-state index < -0.39 is 5.97 Å². The molecule has 1 amide bonds. The Kier molecular flexibility index (Phi) is 10.2. The predicted molar refractivity (Wildman–Crippen MR) is 167 cm³/mol. The van der Waals surface area contributed by atoms with Gasteiger partial charge in [0.15, 0.2) is 0 Å². The molecule has 2 aliphatic carbocycles. The number of carbonyl (C=O) groups is 2. The lowest BCUT2D eigenvalue weighted by Gasteiger charge is -2.30. The highest BCUT2D eigenvalue weighted by Gasteiger charge is 2.31. The van der Waals surface area contributed by atoms with E-state index in [1.54, 1.807) is 0 Å². The highest BCUT2D eigenvalue weighted by molar-refractivity contribution is 5.79. The number of aliphatic carboxylic acids is 1. The van der Waals surface area contributed by atoms with Gasteiger partial charge in [-0.05, 0) is 105 Å². The zero-order chi connectivity index (χ0) is 29.5. The number of para-hydroxylation sites is 1. The van der Waals surface area contributed by atoms with Crippen molar-refractivity contribution in [1.82, 2.24) is 4.90 Å². The molecule has 0 bridgehead atoms. The SMILES string of the molecule is CCC(C)c1ccccc1NC(Nc1ccc(CC(=O)N2CCCC2COC2CCC(C(=O)O)CC2)cc1)=C1CCC1. The minimum absolute atomic E-state index is 0.107. The summed E-state index contributed by atoms with van der Waals surface area (Å²) < 4.78 is 6.18. The van der Waals surface area contributed by atoms with Crippen molar-refractivity contribution >= 4 is 23.3 Å². The number of likely N-dealkylation sites (tertiary alicyclic amines) is 1. The summed E-state index contributed by atoms with van der Waals surface area (Å²) in [6.45, 7) is 5.82. The normalized spacial score (nSPS) is 22.8. The van der Waals surface area contributed by atoms with Gasteiger partial charge in [-0.1, -0.05) is 44.2 Å². The minimum atomic E-state index is -0.694. The third kappa shape index (κ3) is 7.54. The van der Waals surface area contributed by atoms with E-state index in [0.717, 1.165) is 74.2 Å². The van der Waals surface area contributed by atoms with Gasteiger partial charge in [-0.15, -0.1) is 0 Å². The first-order valence-corrected chi connectivity index (χ1v) is 16.0. The Labute approximate surface area is 250 Å². The fourth-order valence-electron chi connectivity index (χ4n) is 6.39. The van der Waals surface area contributed by atoms with Gasteiger partial charge in [-0.2, -0.15) is 0 Å². The van der Waals surface area contributed by atoms with Crippen molar-refractivity contribution in [1.29, 1.82) is 0 Å². The lowest BCUT2D eigenvalue weighted by atomic mass is 9.87. The van der Waals surface area contributed by atoms with Crippen LogP contribution < -0.4 is 10.6 Å². The number of allylic oxidation sites excluding steroid dienone is 1. The number of benzene rings is 2. The molecule has 42 heavy (non-hydrogen) atoms. The van der Waals surface area contributed by atoms with Gasteiger partial charge >= 0.3 is 5.97 Å². The zero-order valence-electron chi connectivity index (χ0n) is 25.2. The maximum absolute atomic E-state index is 13.3. The Hall–Kier alpha value is -3.32. The molecule has 2 atom stereocenters. The van der Waals surface area contributed by atoms with E-state index in [1.807, 2.05) is 4.90 Å². The number of nitrogens with one attached hydrogen (secondary N) is 2. The van der Waals surface area contributed by atoms with Gasteiger partial charge in [0.25, 0.3) is 0 Å². The number of carboxylic acids is 1. The summed E-state index contributed by atoms with van der Waals surface area (Å²) in [7, 11) is 0. The van der Waals surface area contributed by atoms with Crippen LogP contribution in [0.25, 0.3) is 0 Å². The number of hydrogen-bond donors (Lipinski definition) is 3. The van der Waals surface area contributed by atoms with Crippen molar-refractivity contribution in [3.8, 4) is 0 Å². The molecule has 5 rings (SSSR count). The third-order valence-corrected chi connectivity index (χ3v) is 9.50. The fourth-order valence-corrected chi connectivity index (χ4v) is 6.39. The van der Waals surface area contributed by atoms with Gasteiger partial charge < -0.3 is 25.4 Å². The second-order valence-corrected chi connectivity index (χ2v) is 12.4. The summed E-state index contributed by atoms with van der Waals surface area (Å²) in [6.07, 6.45) is 9.93. The third-order valence-electron chi connectivity index (χ3n) is 9.50. The standard InChI is InChI=1S/C35H47N3O4/c1-3-24(2)31-11-4-5-12-32(31)37-34(26-8-6-9-26)36-28-17-13-25(14-18-28)22-33(39)38-21-7-10-29(38)23-42-30-19-15-27(16-20-30)35(40)41/h4-5,11-14,17-18,24,27,29-30,36-37H,3,6-10,15-16,19-23H2,1-2H3,(H,40,41). The van der Waals surface area contributed by atoms with Gasteiger partial charge in [0, 0.05) is 17.9 Å². The van der Waals surface area contributed by atoms with E-state index in [2.05, 4.69) is 73.0 Å². The molecule has 3 N–H and O–H groups in total. The molecule has 3 aliphatic rings. The first-order chi connectivity index (χ1) is 20.4. The topological polar surface area (TPSA) is 90.9 Å². The molecule has 1 heterocycles. The molecule has 3 fully saturated rings. The monoisotopic (exact) mass is 573 g/mol. The summed E-state index contributed by atoms with van der Waals surface area (Å²) >= 11 is 0. The molecule has 0 radical (unpaired) electrons. The Bertz CT molecular complexity index is 1240. The highest BCUT2D eigenvalue weighted by atomic mass is 16.5. The van der Waals surface area contributed by atoms with Gasteiger partial charge in [0.2, 0.25) is 5.91 Å². The molecular weight excluding hydrogens is 526 g/mol. The maximum atomic E-state index is 13.3. The molecule has 7 nitrogen and oxygen atoms in total. The lowest BCUT2D eigenvalue weighted by molar-refractivity contribution is -0.144. The van der Waals surface area contributed by atoms with Crippen molar-refractivity contribution in [2.24, 2.45) is 5.92 Å². The van der Waals surface area contributed by atoms with E-state index >= 15 is 0 Å². The Balaban J connectivity index is 1.15. The van der Waals surface area contributed by atoms with Crippen LogP contribution in [0, 0.1) is 5.92 Å². The van der Waals surface area contributed by atoms with E-state index in [4.69, 9.17) is 4.74 Å². The number of carboxylic acid groups (broad SMARTS) is 1. The van der Waals surface area contributed by atoms with Gasteiger partial charge in [0.1, 0.15) is 5.82 Å². The molecule has 2 aromatic carbocycles. The molecule has 0 aromatic heterocycles. The number of rotatable bonds is 12. The first kappa shape index (κ1) is 30.1. The summed E-state index contributed by atoms with van der Waals surface area (Å²) in [5, 5.41) is 16.6. The van der Waals surface area contributed by atoms with Crippen molar-refractivity contribution in [2.75, 3.05) is 23.8 Å². The van der Waals surface area contributed by atoms with Gasteiger partial charge in [-0.25, -0.2) is 0 Å². The van der Waals surface area contributed by atoms with Crippen LogP contribution in [-0.2, 0) is 20.7 Å². The molecule has 1 aliphatic heterocycles. The second kappa shape index (κ2) is 14.2. The van der Waals surface area contributed by atoms with Crippen LogP contribution in [0.4, 0.5) is 11.4 Å². The van der Waals surface area contributed by atoms with Gasteiger partial charge in [0.05, 0.1) is 31.1 Å². The van der Waals surface area contributed by atoms with Crippen LogP contribution in [-0.4, -0.2) is 47.2 Å². The number of anilines is 2. The van der Waals surface area contributed by atoms with Crippen molar-refractivity contribution in [3.05, 3.63) is 71.1 Å².